The molecule has 0 aliphatic rings. The molecule has 0 aromatic heterocycles. The van der Waals surface area contributed by atoms with Crippen LogP contribution < -0.4 is 9.47 Å². The third-order valence-corrected chi connectivity index (χ3v) is 4.32. The van der Waals surface area contributed by atoms with Crippen LogP contribution in [0.15, 0.2) is 24.3 Å². The monoisotopic (exact) mass is 424 g/mol. The van der Waals surface area contributed by atoms with Crippen molar-refractivity contribution in [2.24, 2.45) is 0 Å². The highest BCUT2D eigenvalue weighted by Gasteiger charge is 2.13. The average molecular weight is 426 g/mol. The number of hydrogen-bond donors (Lipinski definition) is 2. The van der Waals surface area contributed by atoms with Gasteiger partial charge in [-0.1, -0.05) is 46.4 Å². The number of aliphatic hydroxyl groups excluding tert-OH is 2. The topological polar surface area (TPSA) is 58.9 Å². The van der Waals surface area contributed by atoms with Crippen LogP contribution in [0.25, 0.3) is 0 Å². The molecule has 2 rings (SSSR count). The van der Waals surface area contributed by atoms with Crippen LogP contribution in [-0.4, -0.2) is 36.6 Å². The lowest BCUT2D eigenvalue weighted by Crippen LogP contribution is -2.03. The first-order chi connectivity index (χ1) is 12.0. The van der Waals surface area contributed by atoms with E-state index in [1.807, 2.05) is 0 Å². The van der Waals surface area contributed by atoms with E-state index in [0.717, 1.165) is 11.1 Å². The highest BCUT2D eigenvalue weighted by molar-refractivity contribution is 6.37. The minimum atomic E-state index is -0.129. The SMILES string of the molecule is OCCOc1c(Cl)cc(Cc2cc(Cl)c(OCCO)c(Cl)c2)cc1Cl. The summed E-state index contributed by atoms with van der Waals surface area (Å²) in [6.45, 7) is -0.0369. The quantitative estimate of drug-likeness (QED) is 0.647. The van der Waals surface area contributed by atoms with Gasteiger partial charge in [0.15, 0.2) is 11.5 Å². The second-order valence-corrected chi connectivity index (χ2v) is 6.73. The first kappa shape index (κ1) is 20.4. The third-order valence-electron chi connectivity index (χ3n) is 3.20. The molecule has 0 saturated heterocycles. The fourth-order valence-electron chi connectivity index (χ4n) is 2.24. The predicted molar refractivity (Wildman–Crippen MR) is 101 cm³/mol. The standard InChI is InChI=1S/C17H16Cl4O4/c18-12-6-10(7-13(19)16(12)24-3-1-22)5-11-8-14(20)17(15(21)9-11)25-4-2-23/h6-9,22-23H,1-5H2. The molecule has 0 heterocycles. The van der Waals surface area contributed by atoms with Crippen molar-refractivity contribution in [3.05, 3.63) is 55.5 Å². The van der Waals surface area contributed by atoms with Crippen molar-refractivity contribution in [1.29, 1.82) is 0 Å². The van der Waals surface area contributed by atoms with Gasteiger partial charge in [0.2, 0.25) is 0 Å². The Morgan fingerprint density at radius 2 is 0.960 bits per heavy atom. The normalized spacial score (nSPS) is 10.8. The van der Waals surface area contributed by atoms with Crippen LogP contribution in [0.1, 0.15) is 11.1 Å². The molecule has 0 unspecified atom stereocenters. The van der Waals surface area contributed by atoms with Crippen molar-refractivity contribution >= 4 is 46.4 Å². The van der Waals surface area contributed by atoms with Crippen LogP contribution in [0.3, 0.4) is 0 Å². The van der Waals surface area contributed by atoms with E-state index in [0.29, 0.717) is 38.0 Å². The fraction of sp³-hybridized carbons (Fsp3) is 0.294. The van der Waals surface area contributed by atoms with Crippen molar-refractivity contribution in [1.82, 2.24) is 0 Å². The van der Waals surface area contributed by atoms with Gasteiger partial charge in [0, 0.05) is 0 Å². The lowest BCUT2D eigenvalue weighted by Gasteiger charge is -2.13. The maximum absolute atomic E-state index is 8.83. The zero-order chi connectivity index (χ0) is 18.4. The average Bonchev–Trinajstić information content (AvgIpc) is 2.53. The van der Waals surface area contributed by atoms with Gasteiger partial charge in [-0.05, 0) is 41.8 Å². The maximum atomic E-state index is 8.83. The molecular weight excluding hydrogens is 410 g/mol. The van der Waals surface area contributed by atoms with Crippen molar-refractivity contribution < 1.29 is 19.7 Å². The van der Waals surface area contributed by atoms with E-state index in [2.05, 4.69) is 0 Å². The van der Waals surface area contributed by atoms with Crippen LogP contribution in [0, 0.1) is 0 Å². The lowest BCUT2D eigenvalue weighted by molar-refractivity contribution is 0.201. The van der Waals surface area contributed by atoms with Gasteiger partial charge >= 0.3 is 0 Å². The first-order valence-corrected chi connectivity index (χ1v) is 8.90. The van der Waals surface area contributed by atoms with Gasteiger partial charge in [-0.3, -0.25) is 0 Å². The van der Waals surface area contributed by atoms with Crippen molar-refractivity contribution in [3.63, 3.8) is 0 Å². The number of aliphatic hydroxyl groups is 2. The van der Waals surface area contributed by atoms with E-state index in [1.165, 1.54) is 0 Å². The predicted octanol–water partition coefficient (Wildman–Crippen LogP) is 4.63. The van der Waals surface area contributed by atoms with E-state index >= 15 is 0 Å². The Kier molecular flexibility index (Phi) is 7.94. The highest BCUT2D eigenvalue weighted by Crippen LogP contribution is 2.37. The Morgan fingerprint density at radius 3 is 1.24 bits per heavy atom. The van der Waals surface area contributed by atoms with Gasteiger partial charge in [0.1, 0.15) is 13.2 Å². The summed E-state index contributed by atoms with van der Waals surface area (Å²) in [7, 11) is 0. The minimum absolute atomic E-state index is 0.110. The van der Waals surface area contributed by atoms with Crippen LogP contribution in [0.4, 0.5) is 0 Å². The Labute approximate surface area is 165 Å². The smallest absolute Gasteiger partial charge is 0.156 e. The molecule has 0 atom stereocenters. The van der Waals surface area contributed by atoms with Crippen LogP contribution >= 0.6 is 46.4 Å². The summed E-state index contributed by atoms with van der Waals surface area (Å²) in [4.78, 5) is 0. The van der Waals surface area contributed by atoms with Gasteiger partial charge in [-0.2, -0.15) is 0 Å². The Bertz CT molecular complexity index is 629. The molecule has 0 aliphatic carbocycles. The maximum Gasteiger partial charge on any atom is 0.156 e. The largest absolute Gasteiger partial charge is 0.488 e. The zero-order valence-corrected chi connectivity index (χ0v) is 16.1. The first-order valence-electron chi connectivity index (χ1n) is 7.39. The molecule has 0 fully saturated rings. The molecule has 0 bridgehead atoms. The van der Waals surface area contributed by atoms with E-state index in [4.69, 9.17) is 66.1 Å². The molecule has 0 aliphatic heterocycles. The Hall–Kier alpha value is -0.880. The number of hydrogen-bond acceptors (Lipinski definition) is 4. The lowest BCUT2D eigenvalue weighted by atomic mass is 10.0. The summed E-state index contributed by atoms with van der Waals surface area (Å²) >= 11 is 24.8. The van der Waals surface area contributed by atoms with Crippen LogP contribution in [-0.2, 0) is 6.42 Å². The van der Waals surface area contributed by atoms with Gasteiger partial charge in [0.05, 0.1) is 33.3 Å². The molecule has 0 amide bonds. The number of benzene rings is 2. The van der Waals surface area contributed by atoms with Crippen LogP contribution in [0.2, 0.25) is 20.1 Å². The van der Waals surface area contributed by atoms with Crippen LogP contribution in [0.5, 0.6) is 11.5 Å². The Balaban J connectivity index is 2.22. The van der Waals surface area contributed by atoms with Crippen molar-refractivity contribution in [2.45, 2.75) is 6.42 Å². The second kappa shape index (κ2) is 9.72. The molecule has 2 N–H and O–H groups in total. The van der Waals surface area contributed by atoms with E-state index in [9.17, 15) is 0 Å². The van der Waals surface area contributed by atoms with Gasteiger partial charge in [0.25, 0.3) is 0 Å². The highest BCUT2D eigenvalue weighted by atomic mass is 35.5. The fourth-order valence-corrected chi connectivity index (χ4v) is 3.52. The number of rotatable bonds is 8. The molecule has 2 aromatic rings. The van der Waals surface area contributed by atoms with Gasteiger partial charge in [-0.25, -0.2) is 0 Å². The minimum Gasteiger partial charge on any atom is -0.488 e. The van der Waals surface area contributed by atoms with Crippen molar-refractivity contribution in [2.75, 3.05) is 26.4 Å². The summed E-state index contributed by atoms with van der Waals surface area (Å²) in [5.74, 6) is 0.676. The molecular formula is C17H16Cl4O4. The molecule has 136 valence electrons. The molecule has 8 heteroatoms. The van der Waals surface area contributed by atoms with Gasteiger partial charge in [-0.15, -0.1) is 0 Å². The molecule has 4 nitrogen and oxygen atoms in total. The third kappa shape index (κ3) is 5.55. The number of halogens is 4. The molecule has 0 spiro atoms. The van der Waals surface area contributed by atoms with Gasteiger partial charge < -0.3 is 19.7 Å². The molecule has 25 heavy (non-hydrogen) atoms. The molecule has 0 saturated carbocycles. The summed E-state index contributed by atoms with van der Waals surface area (Å²) in [5.41, 5.74) is 1.70. The summed E-state index contributed by atoms with van der Waals surface area (Å²) < 4.78 is 10.6. The van der Waals surface area contributed by atoms with E-state index < -0.39 is 0 Å². The number of ether oxygens (including phenoxy) is 2. The summed E-state index contributed by atoms with van der Waals surface area (Å²) in [5, 5.41) is 19.1. The van der Waals surface area contributed by atoms with E-state index in [1.54, 1.807) is 24.3 Å². The second-order valence-electron chi connectivity index (χ2n) is 5.10. The summed E-state index contributed by atoms with van der Waals surface area (Å²) in [6, 6.07) is 6.94. The van der Waals surface area contributed by atoms with Crippen molar-refractivity contribution in [3.8, 4) is 11.5 Å². The molecule has 0 radical (unpaired) electrons. The Morgan fingerprint density at radius 1 is 0.640 bits per heavy atom. The van der Waals surface area contributed by atoms with E-state index in [-0.39, 0.29) is 26.4 Å². The molecule has 2 aromatic carbocycles. The zero-order valence-electron chi connectivity index (χ0n) is 13.1. The summed E-state index contributed by atoms with van der Waals surface area (Å²) in [6.07, 6.45) is 0.499.